The van der Waals surface area contributed by atoms with Crippen molar-refractivity contribution >= 4 is 29.1 Å². The highest BCUT2D eigenvalue weighted by molar-refractivity contribution is 6.09. The van der Waals surface area contributed by atoms with Crippen molar-refractivity contribution in [2.75, 3.05) is 55.6 Å². The number of likely N-dealkylation sites (tertiary alicyclic amines) is 1. The van der Waals surface area contributed by atoms with Gasteiger partial charge in [0, 0.05) is 118 Å². The van der Waals surface area contributed by atoms with Crippen LogP contribution in [0.4, 0.5) is 20.4 Å². The molecule has 7 rings (SSSR count). The predicted molar refractivity (Wildman–Crippen MR) is 198 cm³/mol. The number of alkyl halides is 2. The number of amidine groups is 1. The Hall–Kier alpha value is -4.85. The summed E-state index contributed by atoms with van der Waals surface area (Å²) in [5, 5.41) is 27.1. The second-order valence-corrected chi connectivity index (χ2v) is 14.4. The van der Waals surface area contributed by atoms with Crippen molar-refractivity contribution in [3.05, 3.63) is 71.5 Å². The number of carbonyl (C=O) groups excluding carboxylic acids is 1. The van der Waals surface area contributed by atoms with Gasteiger partial charge in [-0.25, -0.2) is 18.7 Å². The Morgan fingerprint density at radius 2 is 1.75 bits per heavy atom. The van der Waals surface area contributed by atoms with Crippen molar-refractivity contribution in [2.45, 2.75) is 70.4 Å². The van der Waals surface area contributed by atoms with Crippen LogP contribution >= 0.6 is 0 Å². The molecule has 0 bridgehead atoms. The number of benzene rings is 1. The van der Waals surface area contributed by atoms with E-state index in [4.69, 9.17) is 0 Å². The maximum atomic E-state index is 14.5. The molecule has 0 saturated carbocycles. The highest BCUT2D eigenvalue weighted by Gasteiger charge is 2.33. The molecule has 3 N–H and O–H groups in total. The van der Waals surface area contributed by atoms with Gasteiger partial charge in [0.1, 0.15) is 11.6 Å². The van der Waals surface area contributed by atoms with E-state index in [2.05, 4.69) is 36.8 Å². The third-order valence-electron chi connectivity index (χ3n) is 11.1. The Labute approximate surface area is 303 Å². The Morgan fingerprint density at radius 1 is 1.02 bits per heavy atom. The number of halogens is 2. The molecular weight excluding hydrogens is 666 g/mol. The topological polar surface area (TPSA) is 130 Å². The summed E-state index contributed by atoms with van der Waals surface area (Å²) in [5.41, 5.74) is 4.90. The number of fused-ring (bicyclic) bond motifs is 1. The van der Waals surface area contributed by atoms with Gasteiger partial charge in [-0.05, 0) is 61.8 Å². The standard InChI is InChI=1S/C38H48F2N10O2/c1-24(51)27-19-42-38(43-20-27)48-14-8-30(9-15-48)47-12-6-29(7-13-47)45-34-10-16-49(25(2)52)23-33(34)37(41)50-11-4-5-26-17-31(28-21-44-46(3)22-28)32(36(39)40)18-35(26)50/h17-22,29-30,36,41,45,51H,1,4-16,23H2,2-3H3. The lowest BCUT2D eigenvalue weighted by Crippen LogP contribution is -2.51. The monoisotopic (exact) mass is 714 g/mol. The predicted octanol–water partition coefficient (Wildman–Crippen LogP) is 5.30. The third kappa shape index (κ3) is 7.39. The summed E-state index contributed by atoms with van der Waals surface area (Å²) < 4.78 is 30.7. The number of hydrogen-bond acceptors (Lipinski definition) is 9. The Balaban J connectivity index is 1.04. The van der Waals surface area contributed by atoms with Gasteiger partial charge in [-0.2, -0.15) is 5.10 Å². The summed E-state index contributed by atoms with van der Waals surface area (Å²) in [7, 11) is 1.77. The zero-order valence-electron chi connectivity index (χ0n) is 30.0. The molecule has 0 atom stereocenters. The number of aliphatic hydroxyl groups excluding tert-OH is 1. The summed E-state index contributed by atoms with van der Waals surface area (Å²) in [6.07, 6.45) is 10.0. The van der Waals surface area contributed by atoms with E-state index in [-0.39, 0.29) is 29.1 Å². The number of carbonyl (C=O) groups is 1. The number of aliphatic hydroxyl groups is 1. The summed E-state index contributed by atoms with van der Waals surface area (Å²) >= 11 is 0. The van der Waals surface area contributed by atoms with Crippen molar-refractivity contribution in [3.63, 3.8) is 0 Å². The van der Waals surface area contributed by atoms with Crippen LogP contribution in [0.2, 0.25) is 0 Å². The van der Waals surface area contributed by atoms with Crippen molar-refractivity contribution in [1.29, 1.82) is 5.41 Å². The van der Waals surface area contributed by atoms with E-state index >= 15 is 0 Å². The van der Waals surface area contributed by atoms with E-state index in [0.717, 1.165) is 81.5 Å². The Kier molecular flexibility index (Phi) is 10.3. The van der Waals surface area contributed by atoms with Crippen LogP contribution in [0, 0.1) is 5.41 Å². The molecule has 6 heterocycles. The van der Waals surface area contributed by atoms with Crippen molar-refractivity contribution < 1.29 is 18.7 Å². The number of nitrogens with zero attached hydrogens (tertiary/aromatic N) is 8. The number of rotatable bonds is 8. The molecule has 4 aliphatic heterocycles. The normalized spacial score (nSPS) is 19.3. The van der Waals surface area contributed by atoms with E-state index < -0.39 is 6.43 Å². The zero-order chi connectivity index (χ0) is 36.5. The number of piperidine rings is 2. The first kappa shape index (κ1) is 35.5. The first-order valence-corrected chi connectivity index (χ1v) is 18.3. The molecule has 4 aliphatic rings. The Morgan fingerprint density at radius 3 is 2.38 bits per heavy atom. The van der Waals surface area contributed by atoms with Crippen LogP contribution in [-0.2, 0) is 18.3 Å². The summed E-state index contributed by atoms with van der Waals surface area (Å²) in [6.45, 7) is 10.2. The van der Waals surface area contributed by atoms with Gasteiger partial charge in [0.15, 0.2) is 0 Å². The van der Waals surface area contributed by atoms with Gasteiger partial charge in [-0.3, -0.25) is 14.9 Å². The number of nitrogens with one attached hydrogen (secondary N) is 2. The van der Waals surface area contributed by atoms with Crippen LogP contribution in [-0.4, -0.2) is 104 Å². The minimum absolute atomic E-state index is 0.0370. The van der Waals surface area contributed by atoms with Gasteiger partial charge < -0.3 is 30.0 Å². The average molecular weight is 715 g/mol. The van der Waals surface area contributed by atoms with Crippen LogP contribution in [0.1, 0.15) is 68.6 Å². The first-order chi connectivity index (χ1) is 25.0. The fourth-order valence-corrected chi connectivity index (χ4v) is 8.16. The molecule has 2 aromatic heterocycles. The molecule has 2 saturated heterocycles. The average Bonchev–Trinajstić information content (AvgIpc) is 3.60. The molecule has 1 aromatic carbocycles. The summed E-state index contributed by atoms with van der Waals surface area (Å²) in [5.74, 6) is 0.871. The van der Waals surface area contributed by atoms with Gasteiger partial charge in [-0.15, -0.1) is 0 Å². The van der Waals surface area contributed by atoms with Crippen molar-refractivity contribution in [3.8, 4) is 11.1 Å². The van der Waals surface area contributed by atoms with Crippen molar-refractivity contribution in [1.82, 2.24) is 34.9 Å². The molecule has 3 aromatic rings. The summed E-state index contributed by atoms with van der Waals surface area (Å²) in [4.78, 5) is 29.8. The van der Waals surface area contributed by atoms with Gasteiger partial charge in [-0.1, -0.05) is 6.58 Å². The van der Waals surface area contributed by atoms with E-state index in [1.807, 2.05) is 11.0 Å². The number of anilines is 2. The maximum Gasteiger partial charge on any atom is 0.264 e. The Bertz CT molecular complexity index is 1840. The lowest BCUT2D eigenvalue weighted by Gasteiger charge is -2.43. The highest BCUT2D eigenvalue weighted by Crippen LogP contribution is 2.40. The van der Waals surface area contributed by atoms with Gasteiger partial charge in [0.2, 0.25) is 11.9 Å². The fourth-order valence-electron chi connectivity index (χ4n) is 8.16. The molecule has 0 spiro atoms. The fraction of sp³-hybridized carbons (Fsp3) is 0.500. The summed E-state index contributed by atoms with van der Waals surface area (Å²) in [6, 6.07) is 4.15. The maximum absolute atomic E-state index is 14.5. The molecule has 12 nitrogen and oxygen atoms in total. The molecule has 14 heteroatoms. The van der Waals surface area contributed by atoms with Crippen LogP contribution in [0.5, 0.6) is 0 Å². The number of hydrogen-bond donors (Lipinski definition) is 3. The molecule has 1 amide bonds. The zero-order valence-corrected chi connectivity index (χ0v) is 30.0. The quantitative estimate of drug-likeness (QED) is 0.162. The van der Waals surface area contributed by atoms with Crippen LogP contribution in [0.15, 0.2) is 54.8 Å². The van der Waals surface area contributed by atoms with Crippen LogP contribution in [0.3, 0.4) is 0 Å². The molecule has 0 unspecified atom stereocenters. The third-order valence-corrected chi connectivity index (χ3v) is 11.1. The van der Waals surface area contributed by atoms with Gasteiger partial charge in [0.25, 0.3) is 6.43 Å². The first-order valence-electron chi connectivity index (χ1n) is 18.3. The van der Waals surface area contributed by atoms with Crippen molar-refractivity contribution in [2.24, 2.45) is 7.05 Å². The molecule has 0 aliphatic carbocycles. The second-order valence-electron chi connectivity index (χ2n) is 14.4. The second kappa shape index (κ2) is 15.0. The van der Waals surface area contributed by atoms with Gasteiger partial charge in [0.05, 0.1) is 18.3 Å². The van der Waals surface area contributed by atoms with Gasteiger partial charge >= 0.3 is 0 Å². The highest BCUT2D eigenvalue weighted by atomic mass is 19.3. The van der Waals surface area contributed by atoms with E-state index in [1.165, 1.54) is 0 Å². The molecular formula is C38H48F2N10O2. The molecule has 52 heavy (non-hydrogen) atoms. The minimum atomic E-state index is -2.68. The van der Waals surface area contributed by atoms with Crippen LogP contribution < -0.4 is 15.1 Å². The lowest BCUT2D eigenvalue weighted by molar-refractivity contribution is -0.128. The van der Waals surface area contributed by atoms with Crippen LogP contribution in [0.25, 0.3) is 16.9 Å². The van der Waals surface area contributed by atoms with E-state index in [9.17, 15) is 24.1 Å². The molecule has 276 valence electrons. The SMILES string of the molecule is C=C(O)c1cnc(N2CCC(N3CCC(NC4=C(C(=N)N5CCCc6cc(-c7cnn(C)c7)c(C(F)F)cc65)CN(C(C)=O)CC4)CC3)CC2)nc1. The number of aryl methyl sites for hydroxylation is 2. The number of amides is 1. The van der Waals surface area contributed by atoms with E-state index in [1.54, 1.807) is 54.4 Å². The number of aromatic nitrogens is 4. The van der Waals surface area contributed by atoms with E-state index in [0.29, 0.717) is 60.4 Å². The largest absolute Gasteiger partial charge is 0.508 e. The molecule has 2 fully saturated rings. The molecule has 0 radical (unpaired) electrons. The smallest absolute Gasteiger partial charge is 0.264 e. The minimum Gasteiger partial charge on any atom is -0.508 e. The lowest BCUT2D eigenvalue weighted by atomic mass is 9.92.